The maximum Gasteiger partial charge on any atom is 0.220 e. The minimum absolute atomic E-state index is 0.0448. The van der Waals surface area contributed by atoms with Crippen molar-refractivity contribution in [1.82, 2.24) is 10.6 Å². The van der Waals surface area contributed by atoms with Crippen LogP contribution in [0.2, 0.25) is 0 Å². The topological polar surface area (TPSA) is 41.1 Å². The minimum Gasteiger partial charge on any atom is -0.352 e. The summed E-state index contributed by atoms with van der Waals surface area (Å²) in [5.74, 6) is -1.22. The molecule has 1 saturated heterocycles. The van der Waals surface area contributed by atoms with Crippen LogP contribution in [-0.2, 0) is 11.3 Å². The van der Waals surface area contributed by atoms with Gasteiger partial charge in [-0.2, -0.15) is 0 Å². The van der Waals surface area contributed by atoms with Crippen molar-refractivity contribution in [2.45, 2.75) is 25.8 Å². The molecule has 0 bridgehead atoms. The van der Waals surface area contributed by atoms with Crippen molar-refractivity contribution in [3.05, 3.63) is 35.4 Å². The largest absolute Gasteiger partial charge is 0.352 e. The van der Waals surface area contributed by atoms with E-state index >= 15 is 0 Å². The van der Waals surface area contributed by atoms with Crippen LogP contribution < -0.4 is 10.6 Å². The molecule has 1 heterocycles. The normalized spacial score (nSPS) is 18.5. The van der Waals surface area contributed by atoms with Gasteiger partial charge in [0.1, 0.15) is 0 Å². The molecule has 2 N–H and O–H groups in total. The third-order valence-electron chi connectivity index (χ3n) is 3.42. The highest BCUT2D eigenvalue weighted by molar-refractivity contribution is 5.75. The lowest BCUT2D eigenvalue weighted by Crippen LogP contribution is -2.23. The van der Waals surface area contributed by atoms with E-state index in [-0.39, 0.29) is 12.5 Å². The zero-order valence-electron chi connectivity index (χ0n) is 10.7. The van der Waals surface area contributed by atoms with E-state index in [2.05, 4.69) is 10.6 Å². The first-order valence-corrected chi connectivity index (χ1v) is 6.56. The van der Waals surface area contributed by atoms with Crippen LogP contribution in [0.5, 0.6) is 0 Å². The molecule has 5 heteroatoms. The third-order valence-corrected chi connectivity index (χ3v) is 3.42. The second-order valence-electron chi connectivity index (χ2n) is 4.92. The Kier molecular flexibility index (Phi) is 4.85. The number of carbonyl (C=O) groups is 1. The van der Waals surface area contributed by atoms with Crippen LogP contribution in [0.1, 0.15) is 24.8 Å². The Bertz CT molecular complexity index is 445. The summed E-state index contributed by atoms with van der Waals surface area (Å²) < 4.78 is 25.7. The Hall–Kier alpha value is -1.49. The first-order chi connectivity index (χ1) is 9.15. The summed E-state index contributed by atoms with van der Waals surface area (Å²) in [5.41, 5.74) is 0.565. The van der Waals surface area contributed by atoms with Gasteiger partial charge in [-0.3, -0.25) is 4.79 Å². The van der Waals surface area contributed by atoms with Gasteiger partial charge in [0.05, 0.1) is 0 Å². The molecule has 0 spiro atoms. The number of amides is 1. The van der Waals surface area contributed by atoms with Crippen LogP contribution in [0.3, 0.4) is 0 Å². The van der Waals surface area contributed by atoms with Crippen molar-refractivity contribution in [3.8, 4) is 0 Å². The molecule has 3 nitrogen and oxygen atoms in total. The third kappa shape index (κ3) is 4.28. The van der Waals surface area contributed by atoms with Crippen molar-refractivity contribution in [2.75, 3.05) is 13.1 Å². The Labute approximate surface area is 111 Å². The Morgan fingerprint density at radius 1 is 1.37 bits per heavy atom. The molecule has 1 atom stereocenters. The van der Waals surface area contributed by atoms with E-state index in [0.717, 1.165) is 38.1 Å². The molecule has 1 aliphatic heterocycles. The number of rotatable bonds is 5. The predicted octanol–water partition coefficient (Wildman–Crippen LogP) is 1.97. The molecule has 1 aromatic rings. The zero-order valence-corrected chi connectivity index (χ0v) is 10.7. The van der Waals surface area contributed by atoms with Gasteiger partial charge in [0, 0.05) is 13.0 Å². The molecule has 1 aromatic carbocycles. The van der Waals surface area contributed by atoms with E-state index in [9.17, 15) is 13.6 Å². The number of carbonyl (C=O) groups excluding carboxylic acids is 1. The van der Waals surface area contributed by atoms with Gasteiger partial charge < -0.3 is 10.6 Å². The number of nitrogens with one attached hydrogen (secondary N) is 2. The maximum atomic E-state index is 13.0. The summed E-state index contributed by atoms with van der Waals surface area (Å²) in [6, 6.07) is 3.65. The van der Waals surface area contributed by atoms with Gasteiger partial charge >= 0.3 is 0 Å². The van der Waals surface area contributed by atoms with Gasteiger partial charge in [-0.15, -0.1) is 0 Å². The second kappa shape index (κ2) is 6.61. The molecule has 0 aromatic heterocycles. The highest BCUT2D eigenvalue weighted by atomic mass is 19.2. The first-order valence-electron chi connectivity index (χ1n) is 6.56. The Morgan fingerprint density at radius 3 is 2.89 bits per heavy atom. The minimum atomic E-state index is -0.885. The van der Waals surface area contributed by atoms with Crippen LogP contribution in [0.25, 0.3) is 0 Å². The molecule has 1 aliphatic rings. The fourth-order valence-corrected chi connectivity index (χ4v) is 2.23. The highest BCUT2D eigenvalue weighted by Crippen LogP contribution is 2.14. The highest BCUT2D eigenvalue weighted by Gasteiger charge is 2.15. The van der Waals surface area contributed by atoms with Crippen molar-refractivity contribution < 1.29 is 13.6 Å². The summed E-state index contributed by atoms with van der Waals surface area (Å²) in [7, 11) is 0. The van der Waals surface area contributed by atoms with Crippen LogP contribution in [0, 0.1) is 17.6 Å². The molecule has 1 unspecified atom stereocenters. The van der Waals surface area contributed by atoms with Crippen LogP contribution in [0.15, 0.2) is 18.2 Å². The van der Waals surface area contributed by atoms with Gasteiger partial charge in [-0.25, -0.2) is 8.78 Å². The maximum absolute atomic E-state index is 13.0. The quantitative estimate of drug-likeness (QED) is 0.857. The predicted molar refractivity (Wildman–Crippen MR) is 68.4 cm³/mol. The molecule has 2 rings (SSSR count). The lowest BCUT2D eigenvalue weighted by Gasteiger charge is -2.09. The zero-order chi connectivity index (χ0) is 13.7. The summed E-state index contributed by atoms with van der Waals surface area (Å²) in [6.07, 6.45) is 2.48. The molecular formula is C14H18F2N2O. The average molecular weight is 268 g/mol. The lowest BCUT2D eigenvalue weighted by atomic mass is 10.0. The Morgan fingerprint density at radius 2 is 2.21 bits per heavy atom. The molecular weight excluding hydrogens is 250 g/mol. The van der Waals surface area contributed by atoms with Gasteiger partial charge in [-0.1, -0.05) is 6.07 Å². The molecule has 19 heavy (non-hydrogen) atoms. The average Bonchev–Trinajstić information content (AvgIpc) is 2.91. The monoisotopic (exact) mass is 268 g/mol. The van der Waals surface area contributed by atoms with E-state index in [1.165, 1.54) is 6.07 Å². The van der Waals surface area contributed by atoms with E-state index in [1.807, 2.05) is 0 Å². The second-order valence-corrected chi connectivity index (χ2v) is 4.92. The summed E-state index contributed by atoms with van der Waals surface area (Å²) in [4.78, 5) is 11.6. The molecule has 104 valence electrons. The fourth-order valence-electron chi connectivity index (χ4n) is 2.23. The number of benzene rings is 1. The fraction of sp³-hybridized carbons (Fsp3) is 0.500. The summed E-state index contributed by atoms with van der Waals surface area (Å²) in [5, 5.41) is 5.98. The van der Waals surface area contributed by atoms with E-state index in [4.69, 9.17) is 0 Å². The molecule has 1 amide bonds. The molecule has 0 aliphatic carbocycles. The van der Waals surface area contributed by atoms with E-state index < -0.39 is 11.6 Å². The summed E-state index contributed by atoms with van der Waals surface area (Å²) >= 11 is 0. The van der Waals surface area contributed by atoms with Crippen LogP contribution in [0.4, 0.5) is 8.78 Å². The van der Waals surface area contributed by atoms with E-state index in [0.29, 0.717) is 17.9 Å². The van der Waals surface area contributed by atoms with Gasteiger partial charge in [0.25, 0.3) is 0 Å². The van der Waals surface area contributed by atoms with Crippen LogP contribution in [-0.4, -0.2) is 19.0 Å². The van der Waals surface area contributed by atoms with Gasteiger partial charge in [0.15, 0.2) is 11.6 Å². The molecule has 1 fully saturated rings. The number of hydrogen-bond donors (Lipinski definition) is 2. The smallest absolute Gasteiger partial charge is 0.220 e. The number of hydrogen-bond acceptors (Lipinski definition) is 2. The van der Waals surface area contributed by atoms with Crippen molar-refractivity contribution in [1.29, 1.82) is 0 Å². The van der Waals surface area contributed by atoms with Crippen molar-refractivity contribution in [2.24, 2.45) is 5.92 Å². The summed E-state index contributed by atoms with van der Waals surface area (Å²) in [6.45, 7) is 2.25. The van der Waals surface area contributed by atoms with Crippen molar-refractivity contribution >= 4 is 5.91 Å². The van der Waals surface area contributed by atoms with Gasteiger partial charge in [0.2, 0.25) is 5.91 Å². The SMILES string of the molecule is O=C(CCC1CCNC1)NCc1ccc(F)c(F)c1. The lowest BCUT2D eigenvalue weighted by molar-refractivity contribution is -0.121. The van der Waals surface area contributed by atoms with Crippen LogP contribution >= 0.6 is 0 Å². The van der Waals surface area contributed by atoms with Crippen molar-refractivity contribution in [3.63, 3.8) is 0 Å². The number of halogens is 2. The Balaban J connectivity index is 1.71. The molecule has 0 saturated carbocycles. The van der Waals surface area contributed by atoms with E-state index in [1.54, 1.807) is 0 Å². The van der Waals surface area contributed by atoms with Gasteiger partial charge in [-0.05, 0) is 49.5 Å². The standard InChI is InChI=1S/C14H18F2N2O/c15-12-3-1-11(7-13(12)16)9-18-14(19)4-2-10-5-6-17-8-10/h1,3,7,10,17H,2,4-6,8-9H2,(H,18,19). The first kappa shape index (κ1) is 13.9. The molecule has 0 radical (unpaired) electrons.